The third-order valence-corrected chi connectivity index (χ3v) is 9.40. The average Bonchev–Trinajstić information content (AvgIpc) is 3.55. The van der Waals surface area contributed by atoms with Crippen LogP contribution in [0, 0.1) is 0 Å². The van der Waals surface area contributed by atoms with Crippen LogP contribution >= 0.6 is 0 Å². The van der Waals surface area contributed by atoms with Gasteiger partial charge in [0.05, 0.1) is 5.92 Å². The van der Waals surface area contributed by atoms with Crippen molar-refractivity contribution in [1.82, 2.24) is 25.4 Å². The number of fused-ring (bicyclic) bond motifs is 3. The van der Waals surface area contributed by atoms with Crippen LogP contribution in [-0.4, -0.2) is 77.9 Å². The summed E-state index contributed by atoms with van der Waals surface area (Å²) in [6, 6.07) is 15.1. The number of urea groups is 1. The molecule has 0 radical (unpaired) electrons. The molecule has 9 heteroatoms. The van der Waals surface area contributed by atoms with Crippen molar-refractivity contribution in [3.63, 3.8) is 0 Å². The molecule has 1 saturated heterocycles. The molecule has 5 rings (SSSR count). The summed E-state index contributed by atoms with van der Waals surface area (Å²) < 4.78 is 0. The lowest BCUT2D eigenvalue weighted by molar-refractivity contribution is -0.136. The zero-order valence-electron chi connectivity index (χ0n) is 25.4. The van der Waals surface area contributed by atoms with Crippen molar-refractivity contribution in [1.29, 1.82) is 0 Å². The molecule has 3 atom stereocenters. The number of H-pyrrole nitrogens is 1. The van der Waals surface area contributed by atoms with Crippen molar-refractivity contribution in [2.75, 3.05) is 33.7 Å². The third kappa shape index (κ3) is 5.50. The Hall–Kier alpha value is -3.85. The van der Waals surface area contributed by atoms with Crippen LogP contribution in [0.4, 0.5) is 4.79 Å². The lowest BCUT2D eigenvalue weighted by Crippen LogP contribution is -2.59. The maximum absolute atomic E-state index is 14.2. The van der Waals surface area contributed by atoms with Gasteiger partial charge in [-0.15, -0.1) is 0 Å². The number of hydrogen-bond donors (Lipinski definition) is 4. The predicted molar refractivity (Wildman–Crippen MR) is 165 cm³/mol. The van der Waals surface area contributed by atoms with E-state index in [1.54, 1.807) is 4.90 Å². The summed E-state index contributed by atoms with van der Waals surface area (Å²) in [6.45, 7) is 7.08. The number of rotatable bonds is 7. The number of nitrogens with one attached hydrogen (secondary N) is 3. The van der Waals surface area contributed by atoms with Crippen LogP contribution in [0.5, 0.6) is 0 Å². The summed E-state index contributed by atoms with van der Waals surface area (Å²) in [7, 11) is 3.62. The minimum Gasteiger partial charge on any atom is -0.361 e. The Labute approximate surface area is 248 Å². The molecule has 1 aromatic heterocycles. The van der Waals surface area contributed by atoms with Gasteiger partial charge in [-0.25, -0.2) is 4.79 Å². The predicted octanol–water partition coefficient (Wildman–Crippen LogP) is 3.81. The van der Waals surface area contributed by atoms with Gasteiger partial charge in [0.15, 0.2) is 0 Å². The number of nitrogens with two attached hydrogens (primary N) is 1. The number of likely N-dealkylation sites (tertiary alicyclic amines) is 1. The van der Waals surface area contributed by atoms with E-state index < -0.39 is 17.6 Å². The van der Waals surface area contributed by atoms with Crippen LogP contribution in [0.2, 0.25) is 0 Å². The quantitative estimate of drug-likeness (QED) is 0.344. The molecule has 2 aliphatic rings. The van der Waals surface area contributed by atoms with E-state index in [1.807, 2.05) is 82.4 Å². The Morgan fingerprint density at radius 1 is 1.10 bits per heavy atom. The summed E-state index contributed by atoms with van der Waals surface area (Å²) in [5.74, 6) is -0.425. The molecule has 2 aromatic carbocycles. The van der Waals surface area contributed by atoms with Crippen LogP contribution < -0.4 is 16.4 Å². The fourth-order valence-electron chi connectivity index (χ4n) is 6.84. The minimum atomic E-state index is -0.772. The first kappa shape index (κ1) is 29.6. The van der Waals surface area contributed by atoms with Crippen molar-refractivity contribution in [3.8, 4) is 0 Å². The standard InChI is InChI=1S/C33H44N6O3/c1-21(25-19-35-27-13-9-7-11-23(25)27)28(36-31(42)37-32(2,3)20-34)30(41)39-16-14-33(15-17-39)18-24(29(40)38(4)5)22-10-6-8-12-26(22)33/h6-13,19,21,24,28,35H,14-18,20,34H2,1-5H3,(H2,36,37,42). The summed E-state index contributed by atoms with van der Waals surface area (Å²) in [4.78, 5) is 47.4. The molecule has 9 nitrogen and oxygen atoms in total. The van der Waals surface area contributed by atoms with Gasteiger partial charge in [-0.05, 0) is 55.9 Å². The summed E-state index contributed by atoms with van der Waals surface area (Å²) in [5, 5.41) is 6.96. The number of benzene rings is 2. The maximum atomic E-state index is 14.2. The van der Waals surface area contributed by atoms with Crippen LogP contribution in [-0.2, 0) is 15.0 Å². The van der Waals surface area contributed by atoms with Gasteiger partial charge in [-0.1, -0.05) is 49.4 Å². The fraction of sp³-hybridized carbons (Fsp3) is 0.485. The van der Waals surface area contributed by atoms with E-state index in [0.717, 1.165) is 41.3 Å². The molecule has 1 spiro atoms. The molecule has 3 aromatic rings. The average molecular weight is 573 g/mol. The minimum absolute atomic E-state index is 0.101. The van der Waals surface area contributed by atoms with Crippen molar-refractivity contribution in [3.05, 3.63) is 71.4 Å². The first-order valence-corrected chi connectivity index (χ1v) is 14.9. The molecular weight excluding hydrogens is 528 g/mol. The Bertz CT molecular complexity index is 1470. The highest BCUT2D eigenvalue weighted by atomic mass is 16.2. The molecule has 1 aliphatic heterocycles. The Balaban J connectivity index is 1.38. The Morgan fingerprint density at radius 2 is 1.76 bits per heavy atom. The molecule has 2 heterocycles. The number of likely N-dealkylation sites (N-methyl/N-ethyl adjacent to an activating group) is 1. The van der Waals surface area contributed by atoms with E-state index in [1.165, 1.54) is 5.56 Å². The van der Waals surface area contributed by atoms with Crippen LogP contribution in [0.1, 0.15) is 68.6 Å². The van der Waals surface area contributed by atoms with Crippen LogP contribution in [0.3, 0.4) is 0 Å². The van der Waals surface area contributed by atoms with Gasteiger partial charge in [0.25, 0.3) is 0 Å². The fourth-order valence-corrected chi connectivity index (χ4v) is 6.84. The molecular formula is C33H44N6O3. The van der Waals surface area contributed by atoms with E-state index in [2.05, 4.69) is 27.8 Å². The highest BCUT2D eigenvalue weighted by Crippen LogP contribution is 2.52. The van der Waals surface area contributed by atoms with Gasteiger partial charge in [-0.2, -0.15) is 0 Å². The van der Waals surface area contributed by atoms with Crippen LogP contribution in [0.25, 0.3) is 10.9 Å². The number of amides is 4. The van der Waals surface area contributed by atoms with Crippen molar-refractivity contribution in [2.45, 2.75) is 68.9 Å². The number of carbonyl (C=O) groups excluding carboxylic acids is 3. The van der Waals surface area contributed by atoms with Gasteiger partial charge in [-0.3, -0.25) is 9.59 Å². The van der Waals surface area contributed by atoms with Crippen molar-refractivity contribution in [2.24, 2.45) is 5.73 Å². The molecule has 0 bridgehead atoms. The molecule has 4 amide bonds. The van der Waals surface area contributed by atoms with Gasteiger partial charge < -0.3 is 31.2 Å². The van der Waals surface area contributed by atoms with E-state index >= 15 is 0 Å². The van der Waals surface area contributed by atoms with E-state index in [4.69, 9.17) is 5.73 Å². The zero-order chi connectivity index (χ0) is 30.2. The van der Waals surface area contributed by atoms with Gasteiger partial charge >= 0.3 is 6.03 Å². The summed E-state index contributed by atoms with van der Waals surface area (Å²) >= 11 is 0. The number of hydrogen-bond acceptors (Lipinski definition) is 4. The van der Waals surface area contributed by atoms with E-state index in [0.29, 0.717) is 13.1 Å². The number of aromatic nitrogens is 1. The second-order valence-corrected chi connectivity index (χ2v) is 12.9. The molecule has 3 unspecified atom stereocenters. The highest BCUT2D eigenvalue weighted by Gasteiger charge is 2.49. The lowest BCUT2D eigenvalue weighted by Gasteiger charge is -2.42. The first-order chi connectivity index (χ1) is 20.0. The molecule has 1 aliphatic carbocycles. The molecule has 1 fully saturated rings. The second-order valence-electron chi connectivity index (χ2n) is 12.9. The Kier molecular flexibility index (Phi) is 8.07. The summed E-state index contributed by atoms with van der Waals surface area (Å²) in [5.41, 5.74) is 9.41. The monoisotopic (exact) mass is 572 g/mol. The van der Waals surface area contributed by atoms with Gasteiger partial charge in [0, 0.05) is 67.7 Å². The third-order valence-electron chi connectivity index (χ3n) is 9.40. The second kappa shape index (κ2) is 11.4. The maximum Gasteiger partial charge on any atom is 0.315 e. The number of para-hydroxylation sites is 1. The van der Waals surface area contributed by atoms with Crippen molar-refractivity contribution < 1.29 is 14.4 Å². The number of nitrogens with zero attached hydrogens (tertiary/aromatic N) is 2. The molecule has 42 heavy (non-hydrogen) atoms. The summed E-state index contributed by atoms with van der Waals surface area (Å²) in [6.07, 6.45) is 4.23. The molecule has 224 valence electrons. The first-order valence-electron chi connectivity index (χ1n) is 14.9. The number of carbonyl (C=O) groups is 3. The smallest absolute Gasteiger partial charge is 0.315 e. The van der Waals surface area contributed by atoms with E-state index in [-0.39, 0.29) is 35.6 Å². The van der Waals surface area contributed by atoms with Crippen molar-refractivity contribution >= 4 is 28.7 Å². The number of piperidine rings is 1. The lowest BCUT2D eigenvalue weighted by atomic mass is 9.73. The molecule has 5 N–H and O–H groups in total. The topological polar surface area (TPSA) is 124 Å². The van der Waals surface area contributed by atoms with Crippen LogP contribution in [0.15, 0.2) is 54.7 Å². The Morgan fingerprint density at radius 3 is 2.45 bits per heavy atom. The highest BCUT2D eigenvalue weighted by molar-refractivity contribution is 5.91. The largest absolute Gasteiger partial charge is 0.361 e. The van der Waals surface area contributed by atoms with Gasteiger partial charge in [0.1, 0.15) is 6.04 Å². The number of aromatic amines is 1. The zero-order valence-corrected chi connectivity index (χ0v) is 25.4. The SMILES string of the molecule is CC(c1c[nH]c2ccccc12)C(NC(=O)NC(C)(C)CN)C(=O)N1CCC2(CC1)CC(C(=O)N(C)C)c1ccccc12. The van der Waals surface area contributed by atoms with Gasteiger partial charge in [0.2, 0.25) is 11.8 Å². The normalized spacial score (nSPS) is 19.3. The van der Waals surface area contributed by atoms with E-state index in [9.17, 15) is 14.4 Å². The molecule has 0 saturated carbocycles.